The molecule has 0 fully saturated rings. The lowest BCUT2D eigenvalue weighted by Crippen LogP contribution is -2.10. The molecule has 0 saturated carbocycles. The van der Waals surface area contributed by atoms with Crippen LogP contribution in [-0.4, -0.2) is 14.9 Å². The Kier molecular flexibility index (Phi) is 4.55. The van der Waals surface area contributed by atoms with Crippen LogP contribution in [0, 0.1) is 11.6 Å². The molecule has 108 valence electrons. The van der Waals surface area contributed by atoms with E-state index >= 15 is 0 Å². The van der Waals surface area contributed by atoms with E-state index in [0.717, 1.165) is 12.1 Å². The average molecular weight is 345 g/mol. The van der Waals surface area contributed by atoms with E-state index in [4.69, 9.17) is 0 Å². The molecule has 0 aliphatic rings. The molecule has 0 aliphatic carbocycles. The van der Waals surface area contributed by atoms with Gasteiger partial charge in [-0.2, -0.15) is 5.10 Å². The topological polar surface area (TPSA) is 38.0 Å². The Morgan fingerprint density at radius 2 is 2.10 bits per heavy atom. The molecule has 1 heterocycles. The molecule has 0 aliphatic heterocycles. The van der Waals surface area contributed by atoms with Crippen LogP contribution in [0.4, 0.5) is 8.78 Å². The second-order valence-corrected chi connectivity index (χ2v) is 5.43. The predicted octanol–water partition coefficient (Wildman–Crippen LogP) is 3.30. The molecular formula is C14H15BrF2N2O. The highest BCUT2D eigenvalue weighted by Crippen LogP contribution is 2.26. The van der Waals surface area contributed by atoms with Crippen LogP contribution in [0.5, 0.6) is 0 Å². The number of nitrogens with zero attached hydrogens (tertiary/aromatic N) is 2. The van der Waals surface area contributed by atoms with Crippen LogP contribution in [0.3, 0.4) is 0 Å². The smallest absolute Gasteiger partial charge is 0.143 e. The van der Waals surface area contributed by atoms with E-state index in [-0.39, 0.29) is 16.5 Å². The van der Waals surface area contributed by atoms with Crippen molar-refractivity contribution >= 4 is 15.9 Å². The third-order valence-corrected chi connectivity index (χ3v) is 3.82. The fraction of sp³-hybridized carbons (Fsp3) is 0.357. The summed E-state index contributed by atoms with van der Waals surface area (Å²) in [6.45, 7) is 1.95. The molecule has 0 radical (unpaired) electrons. The highest BCUT2D eigenvalue weighted by molar-refractivity contribution is 9.10. The van der Waals surface area contributed by atoms with Gasteiger partial charge < -0.3 is 5.11 Å². The average Bonchev–Trinajstić information content (AvgIpc) is 2.80. The summed E-state index contributed by atoms with van der Waals surface area (Å²) in [7, 11) is 1.70. The van der Waals surface area contributed by atoms with Crippen molar-refractivity contribution < 1.29 is 13.9 Å². The van der Waals surface area contributed by atoms with Crippen molar-refractivity contribution in [3.05, 3.63) is 51.3 Å². The zero-order chi connectivity index (χ0) is 14.9. The standard InChI is InChI=1S/C14H15BrF2N2O/c1-3-8-6-12(19(2)18-8)13(20)7-9-11(16)5-4-10(15)14(9)17/h4-6,13,20H,3,7H2,1-2H3. The van der Waals surface area contributed by atoms with Crippen molar-refractivity contribution in [3.8, 4) is 0 Å². The summed E-state index contributed by atoms with van der Waals surface area (Å²) in [6, 6.07) is 4.23. The molecule has 3 nitrogen and oxygen atoms in total. The molecule has 6 heteroatoms. The Labute approximate surface area is 124 Å². The summed E-state index contributed by atoms with van der Waals surface area (Å²) in [5.41, 5.74) is 1.24. The first-order valence-corrected chi connectivity index (χ1v) is 7.06. The number of aliphatic hydroxyl groups excluding tert-OH is 1. The van der Waals surface area contributed by atoms with Crippen molar-refractivity contribution in [2.24, 2.45) is 7.05 Å². The van der Waals surface area contributed by atoms with Crippen molar-refractivity contribution in [2.75, 3.05) is 0 Å². The maximum Gasteiger partial charge on any atom is 0.143 e. The van der Waals surface area contributed by atoms with E-state index in [1.807, 2.05) is 6.92 Å². The van der Waals surface area contributed by atoms with Gasteiger partial charge in [0.1, 0.15) is 11.6 Å². The normalized spacial score (nSPS) is 12.7. The van der Waals surface area contributed by atoms with Gasteiger partial charge in [0, 0.05) is 19.0 Å². The first-order chi connectivity index (χ1) is 9.43. The first kappa shape index (κ1) is 15.1. The molecule has 1 N–H and O–H groups in total. The maximum atomic E-state index is 13.9. The van der Waals surface area contributed by atoms with E-state index in [0.29, 0.717) is 5.69 Å². The van der Waals surface area contributed by atoms with E-state index < -0.39 is 17.7 Å². The Morgan fingerprint density at radius 3 is 2.70 bits per heavy atom. The molecule has 0 bridgehead atoms. The largest absolute Gasteiger partial charge is 0.386 e. The predicted molar refractivity (Wildman–Crippen MR) is 75.3 cm³/mol. The van der Waals surface area contributed by atoms with Crippen LogP contribution in [0.15, 0.2) is 22.7 Å². The van der Waals surface area contributed by atoms with Gasteiger partial charge in [-0.1, -0.05) is 6.92 Å². The molecule has 2 aromatic rings. The van der Waals surface area contributed by atoms with E-state index in [2.05, 4.69) is 21.0 Å². The minimum absolute atomic E-state index is 0.133. The fourth-order valence-corrected chi connectivity index (χ4v) is 2.45. The summed E-state index contributed by atoms with van der Waals surface area (Å²) >= 11 is 3.02. The van der Waals surface area contributed by atoms with Crippen molar-refractivity contribution in [2.45, 2.75) is 25.9 Å². The van der Waals surface area contributed by atoms with Gasteiger partial charge in [-0.3, -0.25) is 4.68 Å². The Morgan fingerprint density at radius 1 is 1.40 bits per heavy atom. The molecule has 0 spiro atoms. The van der Waals surface area contributed by atoms with Crippen molar-refractivity contribution in [1.29, 1.82) is 0 Å². The minimum Gasteiger partial charge on any atom is -0.386 e. The van der Waals surface area contributed by atoms with E-state index in [1.165, 1.54) is 16.8 Å². The van der Waals surface area contributed by atoms with Gasteiger partial charge >= 0.3 is 0 Å². The summed E-state index contributed by atoms with van der Waals surface area (Å²) < 4.78 is 29.3. The first-order valence-electron chi connectivity index (χ1n) is 6.27. The highest BCUT2D eigenvalue weighted by atomic mass is 79.9. The SMILES string of the molecule is CCc1cc(C(O)Cc2c(F)ccc(Br)c2F)n(C)n1. The van der Waals surface area contributed by atoms with Gasteiger partial charge in [-0.05, 0) is 40.5 Å². The molecule has 1 aromatic heterocycles. The fourth-order valence-electron chi connectivity index (χ4n) is 2.08. The van der Waals surface area contributed by atoms with Gasteiger partial charge in [0.05, 0.1) is 22.0 Å². The quantitative estimate of drug-likeness (QED) is 0.864. The Hall–Kier alpha value is -1.27. The third-order valence-electron chi connectivity index (χ3n) is 3.21. The number of rotatable bonds is 4. The van der Waals surface area contributed by atoms with Crippen LogP contribution < -0.4 is 0 Å². The number of hydrogen-bond acceptors (Lipinski definition) is 2. The summed E-state index contributed by atoms with van der Waals surface area (Å²) in [5.74, 6) is -1.34. The lowest BCUT2D eigenvalue weighted by molar-refractivity contribution is 0.166. The van der Waals surface area contributed by atoms with E-state index in [9.17, 15) is 13.9 Å². The third kappa shape index (κ3) is 2.91. The summed E-state index contributed by atoms with van der Waals surface area (Å²) in [4.78, 5) is 0. The van der Waals surface area contributed by atoms with E-state index in [1.54, 1.807) is 13.1 Å². The Balaban J connectivity index is 2.30. The van der Waals surface area contributed by atoms with Crippen molar-refractivity contribution in [1.82, 2.24) is 9.78 Å². The molecule has 0 amide bonds. The lowest BCUT2D eigenvalue weighted by Gasteiger charge is -2.13. The lowest BCUT2D eigenvalue weighted by atomic mass is 10.0. The van der Waals surface area contributed by atoms with Gasteiger partial charge in [-0.15, -0.1) is 0 Å². The second kappa shape index (κ2) is 6.01. The van der Waals surface area contributed by atoms with Gasteiger partial charge in [0.15, 0.2) is 0 Å². The number of aliphatic hydroxyl groups is 1. The molecule has 20 heavy (non-hydrogen) atoms. The van der Waals surface area contributed by atoms with Gasteiger partial charge in [0.2, 0.25) is 0 Å². The minimum atomic E-state index is -1.01. The van der Waals surface area contributed by atoms with Gasteiger partial charge in [-0.25, -0.2) is 8.78 Å². The number of hydrogen-bond donors (Lipinski definition) is 1. The molecule has 0 saturated heterocycles. The highest BCUT2D eigenvalue weighted by Gasteiger charge is 2.20. The number of aryl methyl sites for hydroxylation is 2. The Bertz CT molecular complexity index is 628. The zero-order valence-corrected chi connectivity index (χ0v) is 12.8. The van der Waals surface area contributed by atoms with Gasteiger partial charge in [0.25, 0.3) is 0 Å². The second-order valence-electron chi connectivity index (χ2n) is 4.58. The van der Waals surface area contributed by atoms with Crippen LogP contribution in [0.1, 0.15) is 30.0 Å². The molecule has 1 atom stereocenters. The molecule has 1 unspecified atom stereocenters. The maximum absolute atomic E-state index is 13.9. The number of benzene rings is 1. The van der Waals surface area contributed by atoms with Crippen molar-refractivity contribution in [3.63, 3.8) is 0 Å². The molecule has 2 rings (SSSR count). The summed E-state index contributed by atoms with van der Waals surface area (Å²) in [5, 5.41) is 14.4. The number of aromatic nitrogens is 2. The van der Waals surface area contributed by atoms with Crippen LogP contribution in [0.2, 0.25) is 0 Å². The zero-order valence-electron chi connectivity index (χ0n) is 11.2. The number of halogens is 3. The van der Waals surface area contributed by atoms with Crippen LogP contribution in [-0.2, 0) is 19.9 Å². The van der Waals surface area contributed by atoms with Crippen LogP contribution in [0.25, 0.3) is 0 Å². The monoisotopic (exact) mass is 344 g/mol. The van der Waals surface area contributed by atoms with Crippen LogP contribution >= 0.6 is 15.9 Å². The molecular weight excluding hydrogens is 330 g/mol. The summed E-state index contributed by atoms with van der Waals surface area (Å²) in [6.07, 6.45) is -0.411. The molecule has 1 aromatic carbocycles.